The van der Waals surface area contributed by atoms with Gasteiger partial charge in [0.15, 0.2) is 11.5 Å². The molecule has 2 atom stereocenters. The zero-order chi connectivity index (χ0) is 25.1. The predicted octanol–water partition coefficient (Wildman–Crippen LogP) is 4.84. The maximum Gasteiger partial charge on any atom is 0.256 e. The van der Waals surface area contributed by atoms with Gasteiger partial charge in [-0.1, -0.05) is 35.3 Å². The SMILES string of the molecule is COc1ccc(CNC(=O)C2c3c(C(=O)Nc4c(Cl)cncc4Cl)ccc(OC)c3OC2C)cc1. The van der Waals surface area contributed by atoms with E-state index < -0.39 is 17.9 Å². The molecule has 182 valence electrons. The Kier molecular flexibility index (Phi) is 7.33. The number of benzene rings is 2. The Hall–Kier alpha value is -3.49. The lowest BCUT2D eigenvalue weighted by Gasteiger charge is -2.17. The highest BCUT2D eigenvalue weighted by Crippen LogP contribution is 2.46. The van der Waals surface area contributed by atoms with Crippen LogP contribution < -0.4 is 24.8 Å². The number of carbonyl (C=O) groups is 2. The van der Waals surface area contributed by atoms with Crippen molar-refractivity contribution in [3.63, 3.8) is 0 Å². The molecule has 0 bridgehead atoms. The van der Waals surface area contributed by atoms with Crippen molar-refractivity contribution in [3.8, 4) is 17.2 Å². The van der Waals surface area contributed by atoms with Crippen LogP contribution in [-0.4, -0.2) is 37.1 Å². The summed E-state index contributed by atoms with van der Waals surface area (Å²) in [6, 6.07) is 10.6. The number of rotatable bonds is 7. The molecule has 0 radical (unpaired) electrons. The van der Waals surface area contributed by atoms with Crippen LogP contribution in [0.5, 0.6) is 17.2 Å². The molecular formula is C25H23Cl2N3O5. The van der Waals surface area contributed by atoms with Crippen molar-refractivity contribution in [2.45, 2.75) is 25.5 Å². The maximum absolute atomic E-state index is 13.3. The number of pyridine rings is 1. The van der Waals surface area contributed by atoms with E-state index in [-0.39, 0.29) is 27.2 Å². The highest BCUT2D eigenvalue weighted by molar-refractivity contribution is 6.39. The van der Waals surface area contributed by atoms with Gasteiger partial charge in [0.05, 0.1) is 30.0 Å². The third kappa shape index (κ3) is 4.99. The number of amides is 2. The van der Waals surface area contributed by atoms with Gasteiger partial charge >= 0.3 is 0 Å². The molecule has 2 N–H and O–H groups in total. The molecule has 1 aromatic heterocycles. The van der Waals surface area contributed by atoms with Crippen molar-refractivity contribution in [2.24, 2.45) is 0 Å². The van der Waals surface area contributed by atoms with Gasteiger partial charge < -0.3 is 24.8 Å². The summed E-state index contributed by atoms with van der Waals surface area (Å²) < 4.78 is 16.6. The monoisotopic (exact) mass is 515 g/mol. The van der Waals surface area contributed by atoms with E-state index in [9.17, 15) is 9.59 Å². The quantitative estimate of drug-likeness (QED) is 0.467. The summed E-state index contributed by atoms with van der Waals surface area (Å²) in [4.78, 5) is 30.5. The van der Waals surface area contributed by atoms with Gasteiger partial charge in [0.25, 0.3) is 5.91 Å². The minimum atomic E-state index is -0.748. The molecular weight excluding hydrogens is 493 g/mol. The number of aromatic nitrogens is 1. The molecule has 4 rings (SSSR count). The van der Waals surface area contributed by atoms with Gasteiger partial charge in [0.1, 0.15) is 17.8 Å². The van der Waals surface area contributed by atoms with E-state index in [1.54, 1.807) is 26.2 Å². The molecule has 0 saturated carbocycles. The third-order valence-corrected chi connectivity index (χ3v) is 6.28. The summed E-state index contributed by atoms with van der Waals surface area (Å²) in [6.45, 7) is 2.07. The fourth-order valence-corrected chi connectivity index (χ4v) is 4.41. The summed E-state index contributed by atoms with van der Waals surface area (Å²) in [6.07, 6.45) is 2.22. The number of hydrogen-bond donors (Lipinski definition) is 2. The first kappa shape index (κ1) is 24.6. The Balaban J connectivity index is 1.63. The molecule has 1 aliphatic rings. The highest BCUT2D eigenvalue weighted by atomic mass is 35.5. The molecule has 2 aromatic carbocycles. The number of hydrogen-bond acceptors (Lipinski definition) is 6. The number of anilines is 1. The number of ether oxygens (including phenoxy) is 3. The second kappa shape index (κ2) is 10.4. The molecule has 3 aromatic rings. The largest absolute Gasteiger partial charge is 0.497 e. The summed E-state index contributed by atoms with van der Waals surface area (Å²) in [5.41, 5.74) is 1.81. The number of methoxy groups -OCH3 is 2. The van der Waals surface area contributed by atoms with E-state index in [0.717, 1.165) is 11.3 Å². The minimum Gasteiger partial charge on any atom is -0.497 e. The van der Waals surface area contributed by atoms with Gasteiger partial charge in [0.2, 0.25) is 5.91 Å². The molecule has 8 nitrogen and oxygen atoms in total. The Bertz CT molecular complexity index is 1250. The van der Waals surface area contributed by atoms with E-state index in [2.05, 4.69) is 15.6 Å². The van der Waals surface area contributed by atoms with Crippen molar-refractivity contribution in [3.05, 3.63) is 75.5 Å². The first-order chi connectivity index (χ1) is 16.8. The van der Waals surface area contributed by atoms with Crippen LogP contribution in [0.3, 0.4) is 0 Å². The molecule has 0 fully saturated rings. The van der Waals surface area contributed by atoms with Crippen LogP contribution in [0.4, 0.5) is 5.69 Å². The average Bonchev–Trinajstić information content (AvgIpc) is 3.21. The van der Waals surface area contributed by atoms with Crippen LogP contribution in [0.15, 0.2) is 48.8 Å². The molecule has 0 aliphatic carbocycles. The minimum absolute atomic E-state index is 0.189. The Morgan fingerprint density at radius 1 is 1.03 bits per heavy atom. The fraction of sp³-hybridized carbons (Fsp3) is 0.240. The maximum atomic E-state index is 13.3. The molecule has 0 spiro atoms. The second-order valence-electron chi connectivity index (χ2n) is 7.86. The number of fused-ring (bicyclic) bond motifs is 1. The molecule has 35 heavy (non-hydrogen) atoms. The van der Waals surface area contributed by atoms with Gasteiger partial charge in [-0.25, -0.2) is 0 Å². The van der Waals surface area contributed by atoms with Crippen LogP contribution in [-0.2, 0) is 11.3 Å². The van der Waals surface area contributed by atoms with Gasteiger partial charge in [-0.05, 0) is 36.8 Å². The predicted molar refractivity (Wildman–Crippen MR) is 133 cm³/mol. The molecule has 2 heterocycles. The van der Waals surface area contributed by atoms with Gasteiger partial charge in [-0.15, -0.1) is 0 Å². The van der Waals surface area contributed by atoms with Crippen LogP contribution in [0.25, 0.3) is 0 Å². The van der Waals surface area contributed by atoms with Gasteiger partial charge in [-0.2, -0.15) is 0 Å². The summed E-state index contributed by atoms with van der Waals surface area (Å²) in [5.74, 6) is -0.0247. The van der Waals surface area contributed by atoms with Crippen LogP contribution in [0.1, 0.15) is 34.3 Å². The zero-order valence-corrected chi connectivity index (χ0v) is 20.7. The van der Waals surface area contributed by atoms with Crippen LogP contribution in [0.2, 0.25) is 10.0 Å². The van der Waals surface area contributed by atoms with Crippen molar-refractivity contribution in [1.82, 2.24) is 10.3 Å². The van der Waals surface area contributed by atoms with Crippen molar-refractivity contribution in [1.29, 1.82) is 0 Å². The summed E-state index contributed by atoms with van der Waals surface area (Å²) in [5, 5.41) is 6.04. The summed E-state index contributed by atoms with van der Waals surface area (Å²) in [7, 11) is 3.09. The number of halogens is 2. The fourth-order valence-electron chi connectivity index (χ4n) is 3.96. The Morgan fingerprint density at radius 2 is 1.71 bits per heavy atom. The summed E-state index contributed by atoms with van der Waals surface area (Å²) >= 11 is 12.3. The highest BCUT2D eigenvalue weighted by Gasteiger charge is 2.41. The van der Waals surface area contributed by atoms with Gasteiger partial charge in [0, 0.05) is 30.1 Å². The van der Waals surface area contributed by atoms with Crippen molar-refractivity contribution < 1.29 is 23.8 Å². The van der Waals surface area contributed by atoms with E-state index in [0.29, 0.717) is 23.6 Å². The van der Waals surface area contributed by atoms with E-state index >= 15 is 0 Å². The first-order valence-electron chi connectivity index (χ1n) is 10.7. The topological polar surface area (TPSA) is 98.8 Å². The van der Waals surface area contributed by atoms with E-state index in [4.69, 9.17) is 37.4 Å². The average molecular weight is 516 g/mol. The molecule has 2 amide bonds. The first-order valence-corrected chi connectivity index (χ1v) is 11.5. The lowest BCUT2D eigenvalue weighted by molar-refractivity contribution is -0.123. The molecule has 10 heteroatoms. The number of nitrogens with one attached hydrogen (secondary N) is 2. The molecule has 0 saturated heterocycles. The number of nitrogens with zero attached hydrogens (tertiary/aromatic N) is 1. The Labute approximate surface area is 212 Å². The van der Waals surface area contributed by atoms with E-state index in [1.807, 2.05) is 24.3 Å². The lowest BCUT2D eigenvalue weighted by atomic mass is 9.90. The normalized spacial score (nSPS) is 16.1. The lowest BCUT2D eigenvalue weighted by Crippen LogP contribution is -2.34. The van der Waals surface area contributed by atoms with Crippen LogP contribution >= 0.6 is 23.2 Å². The van der Waals surface area contributed by atoms with Gasteiger partial charge in [-0.3, -0.25) is 14.6 Å². The van der Waals surface area contributed by atoms with E-state index in [1.165, 1.54) is 19.5 Å². The second-order valence-corrected chi connectivity index (χ2v) is 8.67. The molecule has 2 unspecified atom stereocenters. The van der Waals surface area contributed by atoms with Crippen molar-refractivity contribution >= 4 is 40.7 Å². The smallest absolute Gasteiger partial charge is 0.256 e. The zero-order valence-electron chi connectivity index (χ0n) is 19.2. The van der Waals surface area contributed by atoms with Crippen molar-refractivity contribution in [2.75, 3.05) is 19.5 Å². The molecule has 1 aliphatic heterocycles. The Morgan fingerprint density at radius 3 is 2.34 bits per heavy atom. The number of carbonyl (C=O) groups excluding carboxylic acids is 2. The standard InChI is InChI=1S/C25H23Cl2N3O5/c1-13-20(25(32)29-10-14-4-6-15(33-2)7-5-14)21-16(8-9-19(34-3)23(21)35-13)24(31)30-22-17(26)11-28-12-18(22)27/h4-9,11-13,20H,10H2,1-3H3,(H,29,32)(H,28,30,31). The third-order valence-electron chi connectivity index (χ3n) is 5.71. The van der Waals surface area contributed by atoms with Crippen LogP contribution in [0, 0.1) is 0 Å².